The maximum absolute atomic E-state index is 3.64. The van der Waals surface area contributed by atoms with Gasteiger partial charge in [-0.3, -0.25) is 0 Å². The normalized spacial score (nSPS) is 9.00. The van der Waals surface area contributed by atoms with Crippen LogP contribution in [0.5, 0.6) is 0 Å². The molecule has 0 bridgehead atoms. The molecule has 16 heavy (non-hydrogen) atoms. The lowest BCUT2D eigenvalue weighted by molar-refractivity contribution is 1.01. The highest BCUT2D eigenvalue weighted by Gasteiger charge is 1.75. The minimum Gasteiger partial charge on any atom is -0.103 e. The molecule has 0 spiro atoms. The molecule has 0 heterocycles. The van der Waals surface area contributed by atoms with Gasteiger partial charge in [0.2, 0.25) is 0 Å². The number of hydrogen-bond acceptors (Lipinski definition) is 0. The molecule has 0 aromatic carbocycles. The van der Waals surface area contributed by atoms with Crippen molar-refractivity contribution in [3.8, 4) is 0 Å². The van der Waals surface area contributed by atoms with Crippen molar-refractivity contribution in [2.75, 3.05) is 0 Å². The van der Waals surface area contributed by atoms with Gasteiger partial charge in [-0.05, 0) is 38.5 Å². The van der Waals surface area contributed by atoms with Gasteiger partial charge in [0.25, 0.3) is 0 Å². The SMILES string of the molecule is C=CCC/C=C\CCC=C.C=CCCC=C. The molecule has 0 fully saturated rings. The fraction of sp³-hybridized carbons (Fsp3) is 0.375. The van der Waals surface area contributed by atoms with Crippen LogP contribution in [0.3, 0.4) is 0 Å². The van der Waals surface area contributed by atoms with Crippen LogP contribution in [-0.2, 0) is 0 Å². The van der Waals surface area contributed by atoms with Gasteiger partial charge >= 0.3 is 0 Å². The molecule has 0 N–H and O–H groups in total. The van der Waals surface area contributed by atoms with Crippen LogP contribution in [0.1, 0.15) is 38.5 Å². The summed E-state index contributed by atoms with van der Waals surface area (Å²) in [5, 5.41) is 0. The summed E-state index contributed by atoms with van der Waals surface area (Å²) in [5.74, 6) is 0. The first-order chi connectivity index (χ1) is 7.83. The molecule has 0 heteroatoms. The van der Waals surface area contributed by atoms with Gasteiger partial charge in [0.05, 0.1) is 0 Å². The lowest BCUT2D eigenvalue weighted by Crippen LogP contribution is -1.65. The molecule has 0 aromatic heterocycles. The molecule has 0 aliphatic heterocycles. The first kappa shape index (κ1) is 17.1. The zero-order valence-corrected chi connectivity index (χ0v) is 10.5. The molecule has 0 amide bonds. The highest BCUT2D eigenvalue weighted by atomic mass is 13.8. The van der Waals surface area contributed by atoms with Crippen LogP contribution in [0.15, 0.2) is 62.8 Å². The van der Waals surface area contributed by atoms with Gasteiger partial charge in [-0.1, -0.05) is 36.5 Å². The Morgan fingerprint density at radius 3 is 0.938 bits per heavy atom. The fourth-order valence-electron chi connectivity index (χ4n) is 0.900. The monoisotopic (exact) mass is 218 g/mol. The number of unbranched alkanes of at least 4 members (excludes halogenated alkanes) is 3. The Balaban J connectivity index is 0. The van der Waals surface area contributed by atoms with Crippen molar-refractivity contribution in [1.29, 1.82) is 0 Å². The molecule has 90 valence electrons. The molecule has 0 aliphatic carbocycles. The zero-order valence-electron chi connectivity index (χ0n) is 10.5. The van der Waals surface area contributed by atoms with Crippen molar-refractivity contribution in [3.63, 3.8) is 0 Å². The fourth-order valence-corrected chi connectivity index (χ4v) is 0.900. The third-order valence-corrected chi connectivity index (χ3v) is 1.82. The standard InChI is InChI=1S/C10H16.C6H10/c1-3-5-7-9-10-8-6-4-2;1-3-5-6-4-2/h3-4,9-10H,1-2,5-8H2;3-4H,1-2,5-6H2/b10-9-;. The average Bonchev–Trinajstić information content (AvgIpc) is 2.32. The molecular formula is C16H26. The van der Waals surface area contributed by atoms with Gasteiger partial charge < -0.3 is 0 Å². The third kappa shape index (κ3) is 23.0. The van der Waals surface area contributed by atoms with Gasteiger partial charge in [0.1, 0.15) is 0 Å². The van der Waals surface area contributed by atoms with E-state index in [1.54, 1.807) is 0 Å². The molecule has 0 rings (SSSR count). The molecule has 0 aliphatic rings. The molecule has 0 radical (unpaired) electrons. The number of rotatable bonds is 9. The molecule has 0 saturated carbocycles. The largest absolute Gasteiger partial charge is 0.103 e. The maximum Gasteiger partial charge on any atom is -0.0316 e. The Labute approximate surface area is 102 Å². The number of allylic oxidation sites excluding steroid dienone is 6. The van der Waals surface area contributed by atoms with E-state index in [-0.39, 0.29) is 0 Å². The van der Waals surface area contributed by atoms with Crippen molar-refractivity contribution < 1.29 is 0 Å². The molecule has 0 atom stereocenters. The Hall–Kier alpha value is -1.30. The predicted molar refractivity (Wildman–Crippen MR) is 77.6 cm³/mol. The van der Waals surface area contributed by atoms with E-state index in [1.165, 1.54) is 0 Å². The van der Waals surface area contributed by atoms with Crippen molar-refractivity contribution in [1.82, 2.24) is 0 Å². The average molecular weight is 218 g/mol. The maximum atomic E-state index is 3.64. The lowest BCUT2D eigenvalue weighted by Gasteiger charge is -1.85. The number of hydrogen-bond donors (Lipinski definition) is 0. The summed E-state index contributed by atoms with van der Waals surface area (Å²) < 4.78 is 0. The highest BCUT2D eigenvalue weighted by Crippen LogP contribution is 1.95. The van der Waals surface area contributed by atoms with E-state index in [9.17, 15) is 0 Å². The van der Waals surface area contributed by atoms with E-state index in [4.69, 9.17) is 0 Å². The summed E-state index contributed by atoms with van der Waals surface area (Å²) in [7, 11) is 0. The second-order valence-electron chi connectivity index (χ2n) is 3.36. The van der Waals surface area contributed by atoms with Crippen molar-refractivity contribution in [3.05, 3.63) is 62.8 Å². The smallest absolute Gasteiger partial charge is 0.0316 e. The third-order valence-electron chi connectivity index (χ3n) is 1.82. The predicted octanol–water partition coefficient (Wildman–Crippen LogP) is 5.61. The van der Waals surface area contributed by atoms with Crippen LogP contribution in [0.25, 0.3) is 0 Å². The van der Waals surface area contributed by atoms with Gasteiger partial charge in [-0.25, -0.2) is 0 Å². The second-order valence-corrected chi connectivity index (χ2v) is 3.36. The van der Waals surface area contributed by atoms with Crippen LogP contribution >= 0.6 is 0 Å². The highest BCUT2D eigenvalue weighted by molar-refractivity contribution is 4.86. The quantitative estimate of drug-likeness (QED) is 0.348. The topological polar surface area (TPSA) is 0 Å². The van der Waals surface area contributed by atoms with Crippen LogP contribution in [0.4, 0.5) is 0 Å². The molecule has 0 nitrogen and oxygen atoms in total. The molecule has 0 unspecified atom stereocenters. The first-order valence-corrected chi connectivity index (χ1v) is 5.92. The first-order valence-electron chi connectivity index (χ1n) is 5.92. The van der Waals surface area contributed by atoms with E-state index < -0.39 is 0 Å². The zero-order chi connectivity index (χ0) is 12.5. The van der Waals surface area contributed by atoms with E-state index in [0.717, 1.165) is 38.5 Å². The van der Waals surface area contributed by atoms with Crippen molar-refractivity contribution >= 4 is 0 Å². The van der Waals surface area contributed by atoms with Gasteiger partial charge in [0, 0.05) is 0 Å². The summed E-state index contributed by atoms with van der Waals surface area (Å²) >= 11 is 0. The van der Waals surface area contributed by atoms with Gasteiger partial charge in [-0.2, -0.15) is 0 Å². The Bertz CT molecular complexity index is 174. The molecule has 0 saturated heterocycles. The van der Waals surface area contributed by atoms with Crippen molar-refractivity contribution in [2.24, 2.45) is 0 Å². The van der Waals surface area contributed by atoms with Crippen LogP contribution in [0.2, 0.25) is 0 Å². The Morgan fingerprint density at radius 1 is 0.438 bits per heavy atom. The summed E-state index contributed by atoms with van der Waals surface area (Å²) in [6.45, 7) is 14.4. The van der Waals surface area contributed by atoms with Gasteiger partial charge in [-0.15, -0.1) is 26.3 Å². The molecular weight excluding hydrogens is 192 g/mol. The van der Waals surface area contributed by atoms with Crippen molar-refractivity contribution in [2.45, 2.75) is 38.5 Å². The Kier molecular flexibility index (Phi) is 20.6. The van der Waals surface area contributed by atoms with E-state index >= 15 is 0 Å². The lowest BCUT2D eigenvalue weighted by atomic mass is 10.2. The summed E-state index contributed by atoms with van der Waals surface area (Å²) in [5.41, 5.74) is 0. The van der Waals surface area contributed by atoms with Gasteiger partial charge in [0.15, 0.2) is 0 Å². The Morgan fingerprint density at radius 2 is 0.688 bits per heavy atom. The van der Waals surface area contributed by atoms with Crippen LogP contribution < -0.4 is 0 Å². The minimum absolute atomic E-state index is 1.06. The second kappa shape index (κ2) is 19.3. The van der Waals surface area contributed by atoms with Crippen LogP contribution in [0, 0.1) is 0 Å². The van der Waals surface area contributed by atoms with E-state index in [0.29, 0.717) is 0 Å². The summed E-state index contributed by atoms with van der Waals surface area (Å²) in [6, 6.07) is 0. The van der Waals surface area contributed by atoms with E-state index in [2.05, 4.69) is 38.5 Å². The molecule has 0 aromatic rings. The minimum atomic E-state index is 1.06. The summed E-state index contributed by atoms with van der Waals surface area (Å²) in [4.78, 5) is 0. The summed E-state index contributed by atoms with van der Waals surface area (Å²) in [6.07, 6.45) is 18.6. The van der Waals surface area contributed by atoms with Crippen LogP contribution in [-0.4, -0.2) is 0 Å². The van der Waals surface area contributed by atoms with E-state index in [1.807, 2.05) is 24.3 Å².